The Labute approximate surface area is 107 Å². The van der Waals surface area contributed by atoms with Crippen LogP contribution in [0.4, 0.5) is 0 Å². The number of carbonyl (C=O) groups excluding carboxylic acids is 1. The van der Waals surface area contributed by atoms with Crippen LogP contribution in [0.25, 0.3) is 0 Å². The lowest BCUT2D eigenvalue weighted by molar-refractivity contribution is -0.146. The van der Waals surface area contributed by atoms with E-state index in [9.17, 15) is 9.59 Å². The van der Waals surface area contributed by atoms with Crippen molar-refractivity contribution in [2.75, 3.05) is 5.75 Å². The van der Waals surface area contributed by atoms with Crippen molar-refractivity contribution in [3.63, 3.8) is 0 Å². The second-order valence-electron chi connectivity index (χ2n) is 4.51. The Morgan fingerprint density at radius 1 is 1.47 bits per heavy atom. The Bertz CT molecular complexity index is 281. The molecule has 1 aliphatic rings. The van der Waals surface area contributed by atoms with Gasteiger partial charge < -0.3 is 10.4 Å². The van der Waals surface area contributed by atoms with E-state index in [4.69, 9.17) is 5.11 Å². The van der Waals surface area contributed by atoms with Gasteiger partial charge in [0, 0.05) is 11.3 Å². The lowest BCUT2D eigenvalue weighted by Gasteiger charge is -2.29. The lowest BCUT2D eigenvalue weighted by atomic mass is 9.94. The van der Waals surface area contributed by atoms with E-state index >= 15 is 0 Å². The van der Waals surface area contributed by atoms with Crippen LogP contribution < -0.4 is 5.32 Å². The lowest BCUT2D eigenvalue weighted by Crippen LogP contribution is -2.43. The van der Waals surface area contributed by atoms with Crippen LogP contribution in [0.1, 0.15) is 39.5 Å². The molecule has 0 aromatic rings. The number of amides is 1. The summed E-state index contributed by atoms with van der Waals surface area (Å²) in [6.07, 6.45) is 4.26. The molecule has 0 aromatic carbocycles. The third-order valence-electron chi connectivity index (χ3n) is 3.14. The first-order valence-corrected chi connectivity index (χ1v) is 7.24. The summed E-state index contributed by atoms with van der Waals surface area (Å²) in [5, 5.41) is 12.2. The highest BCUT2D eigenvalue weighted by molar-refractivity contribution is 7.99. The number of hydrogen-bond donors (Lipinski definition) is 2. The van der Waals surface area contributed by atoms with Crippen LogP contribution in [0.3, 0.4) is 0 Å². The molecule has 0 bridgehead atoms. The summed E-state index contributed by atoms with van der Waals surface area (Å²) in [4.78, 5) is 22.3. The smallest absolute Gasteiger partial charge is 0.315 e. The van der Waals surface area contributed by atoms with Gasteiger partial charge in [0.1, 0.15) is 5.92 Å². The molecule has 17 heavy (non-hydrogen) atoms. The number of thioether (sulfide) groups is 1. The molecule has 3 atom stereocenters. The van der Waals surface area contributed by atoms with Gasteiger partial charge in [-0.25, -0.2) is 0 Å². The molecule has 0 saturated heterocycles. The minimum atomic E-state index is -1.06. The van der Waals surface area contributed by atoms with Crippen molar-refractivity contribution >= 4 is 23.6 Å². The molecule has 5 heteroatoms. The van der Waals surface area contributed by atoms with Crippen LogP contribution in [0, 0.1) is 5.92 Å². The fourth-order valence-electron chi connectivity index (χ4n) is 2.10. The van der Waals surface area contributed by atoms with Gasteiger partial charge in [-0.15, -0.1) is 0 Å². The summed E-state index contributed by atoms with van der Waals surface area (Å²) in [5.74, 6) is -1.27. The number of carboxylic acids is 1. The van der Waals surface area contributed by atoms with E-state index in [1.807, 2.05) is 11.8 Å². The average molecular weight is 259 g/mol. The predicted octanol–water partition coefficient (Wildman–Crippen LogP) is 1.89. The maximum Gasteiger partial charge on any atom is 0.315 e. The van der Waals surface area contributed by atoms with Crippen molar-refractivity contribution in [1.82, 2.24) is 5.32 Å². The molecule has 1 rings (SSSR count). The van der Waals surface area contributed by atoms with E-state index in [0.717, 1.165) is 25.0 Å². The number of nitrogens with one attached hydrogen (secondary N) is 1. The Morgan fingerprint density at radius 3 is 2.76 bits per heavy atom. The van der Waals surface area contributed by atoms with E-state index in [1.165, 1.54) is 13.3 Å². The molecule has 0 aromatic heterocycles. The van der Waals surface area contributed by atoms with Crippen LogP contribution in [0.5, 0.6) is 0 Å². The first-order valence-electron chi connectivity index (χ1n) is 6.19. The number of rotatable bonds is 5. The molecule has 1 fully saturated rings. The predicted molar refractivity (Wildman–Crippen MR) is 69.1 cm³/mol. The van der Waals surface area contributed by atoms with E-state index in [1.54, 1.807) is 0 Å². The van der Waals surface area contributed by atoms with Crippen molar-refractivity contribution in [3.8, 4) is 0 Å². The van der Waals surface area contributed by atoms with Crippen molar-refractivity contribution in [3.05, 3.63) is 0 Å². The highest BCUT2D eigenvalue weighted by Gasteiger charge is 2.27. The quantitative estimate of drug-likeness (QED) is 0.740. The maximum absolute atomic E-state index is 11.6. The summed E-state index contributed by atoms with van der Waals surface area (Å²) < 4.78 is 0. The normalized spacial score (nSPS) is 26.2. The molecular weight excluding hydrogens is 238 g/mol. The van der Waals surface area contributed by atoms with Gasteiger partial charge >= 0.3 is 5.97 Å². The largest absolute Gasteiger partial charge is 0.481 e. The molecular formula is C12H21NO3S. The Morgan fingerprint density at radius 2 is 2.18 bits per heavy atom. The van der Waals surface area contributed by atoms with Crippen molar-refractivity contribution in [2.24, 2.45) is 5.92 Å². The van der Waals surface area contributed by atoms with Crippen LogP contribution in [-0.4, -0.2) is 34.0 Å². The average Bonchev–Trinajstić information content (AvgIpc) is 2.28. The molecule has 2 N–H and O–H groups in total. The standard InChI is InChI=1S/C12H21NO3S/c1-3-17-10-6-4-5-9(7-10)13-11(14)8(2)12(15)16/h8-10H,3-7H2,1-2H3,(H,13,14)(H,15,16). The number of carbonyl (C=O) groups is 2. The fraction of sp³-hybridized carbons (Fsp3) is 0.833. The Kier molecular flexibility index (Phi) is 5.82. The summed E-state index contributed by atoms with van der Waals surface area (Å²) in [5.41, 5.74) is 0. The van der Waals surface area contributed by atoms with Gasteiger partial charge in [-0.1, -0.05) is 13.3 Å². The number of carboxylic acid groups (broad SMARTS) is 1. The molecule has 1 aliphatic carbocycles. The van der Waals surface area contributed by atoms with Crippen LogP contribution >= 0.6 is 11.8 Å². The molecule has 4 nitrogen and oxygen atoms in total. The topological polar surface area (TPSA) is 66.4 Å². The number of aliphatic carboxylic acids is 1. The zero-order chi connectivity index (χ0) is 12.8. The second-order valence-corrected chi connectivity index (χ2v) is 6.09. The van der Waals surface area contributed by atoms with Gasteiger partial charge in [-0.2, -0.15) is 11.8 Å². The molecule has 0 spiro atoms. The van der Waals surface area contributed by atoms with Gasteiger partial charge in [0.2, 0.25) is 5.91 Å². The molecule has 1 amide bonds. The van der Waals surface area contributed by atoms with Crippen LogP contribution in [-0.2, 0) is 9.59 Å². The van der Waals surface area contributed by atoms with Gasteiger partial charge in [0.05, 0.1) is 0 Å². The van der Waals surface area contributed by atoms with Gasteiger partial charge in [-0.05, 0) is 31.9 Å². The van der Waals surface area contributed by atoms with E-state index in [-0.39, 0.29) is 11.9 Å². The Hall–Kier alpha value is -0.710. The highest BCUT2D eigenvalue weighted by Crippen LogP contribution is 2.28. The van der Waals surface area contributed by atoms with Crippen LogP contribution in [0.15, 0.2) is 0 Å². The number of hydrogen-bond acceptors (Lipinski definition) is 3. The van der Waals surface area contributed by atoms with E-state index in [0.29, 0.717) is 5.25 Å². The van der Waals surface area contributed by atoms with Gasteiger partial charge in [0.25, 0.3) is 0 Å². The monoisotopic (exact) mass is 259 g/mol. The zero-order valence-electron chi connectivity index (χ0n) is 10.4. The second kappa shape index (κ2) is 6.89. The summed E-state index contributed by atoms with van der Waals surface area (Å²) in [6, 6.07) is 0.155. The van der Waals surface area contributed by atoms with Gasteiger partial charge in [-0.3, -0.25) is 9.59 Å². The molecule has 3 unspecified atom stereocenters. The highest BCUT2D eigenvalue weighted by atomic mass is 32.2. The van der Waals surface area contributed by atoms with E-state index < -0.39 is 11.9 Å². The third kappa shape index (κ3) is 4.58. The summed E-state index contributed by atoms with van der Waals surface area (Å²) in [7, 11) is 0. The molecule has 0 heterocycles. The van der Waals surface area contributed by atoms with Gasteiger partial charge in [0.15, 0.2) is 0 Å². The minimum absolute atomic E-state index is 0.155. The van der Waals surface area contributed by atoms with E-state index in [2.05, 4.69) is 12.2 Å². The molecule has 98 valence electrons. The summed E-state index contributed by atoms with van der Waals surface area (Å²) in [6.45, 7) is 3.57. The summed E-state index contributed by atoms with van der Waals surface area (Å²) >= 11 is 1.93. The maximum atomic E-state index is 11.6. The van der Waals surface area contributed by atoms with Crippen molar-refractivity contribution in [1.29, 1.82) is 0 Å². The Balaban J connectivity index is 2.40. The first-order chi connectivity index (χ1) is 8.04. The minimum Gasteiger partial charge on any atom is -0.481 e. The molecule has 0 radical (unpaired) electrons. The fourth-order valence-corrected chi connectivity index (χ4v) is 3.27. The molecule has 0 aliphatic heterocycles. The third-order valence-corrected chi connectivity index (χ3v) is 4.37. The van der Waals surface area contributed by atoms with Crippen molar-refractivity contribution in [2.45, 2.75) is 50.8 Å². The first kappa shape index (κ1) is 14.4. The zero-order valence-corrected chi connectivity index (χ0v) is 11.3. The van der Waals surface area contributed by atoms with Crippen LogP contribution in [0.2, 0.25) is 0 Å². The molecule has 1 saturated carbocycles. The SMILES string of the molecule is CCSC1CCCC(NC(=O)C(C)C(=O)O)C1. The van der Waals surface area contributed by atoms with Crippen molar-refractivity contribution < 1.29 is 14.7 Å².